The van der Waals surface area contributed by atoms with Gasteiger partial charge in [-0.2, -0.15) is 5.26 Å². The number of pyridine rings is 1. The maximum Gasteiger partial charge on any atom is 0.0912 e. The number of nitrogen functional groups attached to an aromatic ring is 1. The molecule has 0 aliphatic carbocycles. The van der Waals surface area contributed by atoms with Gasteiger partial charge in [-0.25, -0.2) is 0 Å². The molecule has 0 saturated carbocycles. The molecule has 1 rings (SSSR count). The molecule has 12 heavy (non-hydrogen) atoms. The zero-order chi connectivity index (χ0) is 8.97. The van der Waals surface area contributed by atoms with Gasteiger partial charge in [0, 0.05) is 6.08 Å². The van der Waals surface area contributed by atoms with Crippen LogP contribution < -0.4 is 5.73 Å². The van der Waals surface area contributed by atoms with E-state index >= 15 is 0 Å². The minimum Gasteiger partial charge on any atom is -0.397 e. The van der Waals surface area contributed by atoms with Gasteiger partial charge in [-0.05, 0) is 24.6 Å². The monoisotopic (exact) mass is 159 g/mol. The molecule has 0 aliphatic heterocycles. The predicted octanol–water partition coefficient (Wildman–Crippen LogP) is 1.51. The van der Waals surface area contributed by atoms with E-state index in [1.165, 1.54) is 6.08 Å². The Morgan fingerprint density at radius 2 is 2.42 bits per heavy atom. The highest BCUT2D eigenvalue weighted by atomic mass is 14.7. The molecule has 0 atom stereocenters. The Labute approximate surface area is 71.2 Å². The van der Waals surface area contributed by atoms with Gasteiger partial charge in [-0.1, -0.05) is 0 Å². The van der Waals surface area contributed by atoms with Crippen LogP contribution in [0, 0.1) is 18.3 Å². The third kappa shape index (κ3) is 1.83. The summed E-state index contributed by atoms with van der Waals surface area (Å²) in [6.07, 6.45) is 4.62. The Hall–Kier alpha value is -1.82. The molecule has 0 bridgehead atoms. The summed E-state index contributed by atoms with van der Waals surface area (Å²) in [7, 11) is 0. The van der Waals surface area contributed by atoms with Gasteiger partial charge in [-0.3, -0.25) is 4.98 Å². The van der Waals surface area contributed by atoms with Crippen LogP contribution in [0.3, 0.4) is 0 Å². The van der Waals surface area contributed by atoms with Crippen molar-refractivity contribution in [1.82, 2.24) is 4.98 Å². The Balaban J connectivity index is 2.99. The van der Waals surface area contributed by atoms with Crippen molar-refractivity contribution in [1.29, 1.82) is 5.26 Å². The summed E-state index contributed by atoms with van der Waals surface area (Å²) >= 11 is 0. The fraction of sp³-hybridized carbons (Fsp3) is 0.111. The van der Waals surface area contributed by atoms with E-state index in [9.17, 15) is 0 Å². The number of hydrogen-bond acceptors (Lipinski definition) is 3. The van der Waals surface area contributed by atoms with E-state index in [1.54, 1.807) is 12.3 Å². The van der Waals surface area contributed by atoms with Crippen LogP contribution in [-0.4, -0.2) is 4.98 Å². The summed E-state index contributed by atoms with van der Waals surface area (Å²) in [5, 5.41) is 8.26. The average molecular weight is 159 g/mol. The lowest BCUT2D eigenvalue weighted by atomic mass is 10.2. The first-order valence-corrected chi connectivity index (χ1v) is 3.52. The van der Waals surface area contributed by atoms with Crippen LogP contribution in [-0.2, 0) is 0 Å². The number of hydrogen-bond donors (Lipinski definition) is 1. The minimum absolute atomic E-state index is 0.670. The SMILES string of the molecule is Cc1cc(C=CC#N)ncc1N. The van der Waals surface area contributed by atoms with Crippen LogP contribution >= 0.6 is 0 Å². The van der Waals surface area contributed by atoms with Gasteiger partial charge in [0.25, 0.3) is 0 Å². The predicted molar refractivity (Wildman–Crippen MR) is 48.0 cm³/mol. The molecule has 0 amide bonds. The summed E-state index contributed by atoms with van der Waals surface area (Å²) in [4.78, 5) is 4.01. The van der Waals surface area contributed by atoms with Crippen molar-refractivity contribution in [3.8, 4) is 6.07 Å². The molecule has 3 heteroatoms. The second kappa shape index (κ2) is 3.54. The van der Waals surface area contributed by atoms with Crippen LogP contribution in [0.15, 0.2) is 18.3 Å². The van der Waals surface area contributed by atoms with Crippen LogP contribution in [0.2, 0.25) is 0 Å². The molecule has 1 aromatic rings. The van der Waals surface area contributed by atoms with E-state index in [-0.39, 0.29) is 0 Å². The Morgan fingerprint density at radius 1 is 1.67 bits per heavy atom. The maximum atomic E-state index is 8.26. The molecule has 0 aliphatic rings. The van der Waals surface area contributed by atoms with Crippen molar-refractivity contribution < 1.29 is 0 Å². The van der Waals surface area contributed by atoms with Gasteiger partial charge in [0.2, 0.25) is 0 Å². The number of nitrogens with zero attached hydrogens (tertiary/aromatic N) is 2. The average Bonchev–Trinajstić information content (AvgIpc) is 2.07. The van der Waals surface area contributed by atoms with E-state index in [0.717, 1.165) is 11.3 Å². The van der Waals surface area contributed by atoms with Crippen molar-refractivity contribution in [2.45, 2.75) is 6.92 Å². The zero-order valence-electron chi connectivity index (χ0n) is 6.78. The van der Waals surface area contributed by atoms with Crippen molar-refractivity contribution >= 4 is 11.8 Å². The second-order valence-corrected chi connectivity index (χ2v) is 2.43. The minimum atomic E-state index is 0.670. The van der Waals surface area contributed by atoms with E-state index in [2.05, 4.69) is 4.98 Å². The molecule has 0 saturated heterocycles. The van der Waals surface area contributed by atoms with E-state index in [4.69, 9.17) is 11.0 Å². The molecule has 0 aromatic carbocycles. The largest absolute Gasteiger partial charge is 0.397 e. The van der Waals surface area contributed by atoms with Gasteiger partial charge < -0.3 is 5.73 Å². The fourth-order valence-corrected chi connectivity index (χ4v) is 0.802. The Kier molecular flexibility index (Phi) is 2.44. The molecule has 1 aromatic heterocycles. The first kappa shape index (κ1) is 8.28. The number of rotatable bonds is 1. The van der Waals surface area contributed by atoms with Gasteiger partial charge in [0.15, 0.2) is 0 Å². The number of allylic oxidation sites excluding steroid dienone is 1. The lowest BCUT2D eigenvalue weighted by Crippen LogP contribution is -1.91. The molecule has 2 N–H and O–H groups in total. The third-order valence-corrected chi connectivity index (χ3v) is 1.50. The van der Waals surface area contributed by atoms with Crippen molar-refractivity contribution in [2.24, 2.45) is 0 Å². The number of aryl methyl sites for hydroxylation is 1. The summed E-state index contributed by atoms with van der Waals surface area (Å²) in [5.74, 6) is 0. The molecule has 3 nitrogen and oxygen atoms in total. The quantitative estimate of drug-likeness (QED) is 0.632. The number of nitrogens with two attached hydrogens (primary N) is 1. The zero-order valence-corrected chi connectivity index (χ0v) is 6.78. The van der Waals surface area contributed by atoms with Gasteiger partial charge in [-0.15, -0.1) is 0 Å². The molecule has 0 radical (unpaired) electrons. The topological polar surface area (TPSA) is 62.7 Å². The van der Waals surface area contributed by atoms with E-state index in [0.29, 0.717) is 5.69 Å². The van der Waals surface area contributed by atoms with Crippen molar-refractivity contribution in [3.05, 3.63) is 29.6 Å². The number of aromatic nitrogens is 1. The highest BCUT2D eigenvalue weighted by molar-refractivity contribution is 5.53. The highest BCUT2D eigenvalue weighted by Crippen LogP contribution is 2.10. The molecule has 0 spiro atoms. The van der Waals surface area contributed by atoms with Crippen LogP contribution in [0.1, 0.15) is 11.3 Å². The molecule has 60 valence electrons. The van der Waals surface area contributed by atoms with Gasteiger partial charge in [0.1, 0.15) is 0 Å². The third-order valence-electron chi connectivity index (χ3n) is 1.50. The first-order valence-electron chi connectivity index (χ1n) is 3.52. The van der Waals surface area contributed by atoms with Crippen molar-refractivity contribution in [3.63, 3.8) is 0 Å². The molecule has 0 fully saturated rings. The fourth-order valence-electron chi connectivity index (χ4n) is 0.802. The Bertz CT molecular complexity index is 347. The lowest BCUT2D eigenvalue weighted by molar-refractivity contribution is 1.26. The molecule has 1 heterocycles. The van der Waals surface area contributed by atoms with E-state index in [1.807, 2.05) is 19.1 Å². The maximum absolute atomic E-state index is 8.26. The van der Waals surface area contributed by atoms with Crippen LogP contribution in [0.25, 0.3) is 6.08 Å². The normalized spacial score (nSPS) is 10.0. The van der Waals surface area contributed by atoms with E-state index < -0.39 is 0 Å². The first-order chi connectivity index (χ1) is 5.74. The number of nitriles is 1. The summed E-state index contributed by atoms with van der Waals surface area (Å²) in [6, 6.07) is 3.73. The standard InChI is InChI=1S/C9H9N3/c1-7-5-8(3-2-4-10)12-6-9(7)11/h2-3,5-6H,11H2,1H3. The smallest absolute Gasteiger partial charge is 0.0912 e. The second-order valence-electron chi connectivity index (χ2n) is 2.43. The van der Waals surface area contributed by atoms with Gasteiger partial charge in [0.05, 0.1) is 23.6 Å². The summed E-state index contributed by atoms with van der Waals surface area (Å²) in [6.45, 7) is 1.90. The molecular formula is C9H9N3. The molecular weight excluding hydrogens is 150 g/mol. The number of anilines is 1. The Morgan fingerprint density at radius 3 is 3.00 bits per heavy atom. The summed E-state index contributed by atoms with van der Waals surface area (Å²) in [5.41, 5.74) is 7.96. The van der Waals surface area contributed by atoms with Crippen LogP contribution in [0.5, 0.6) is 0 Å². The molecule has 0 unspecified atom stereocenters. The highest BCUT2D eigenvalue weighted by Gasteiger charge is 1.93. The van der Waals surface area contributed by atoms with Crippen molar-refractivity contribution in [2.75, 3.05) is 5.73 Å². The van der Waals surface area contributed by atoms with Crippen LogP contribution in [0.4, 0.5) is 5.69 Å². The lowest BCUT2D eigenvalue weighted by Gasteiger charge is -1.98. The van der Waals surface area contributed by atoms with Gasteiger partial charge >= 0.3 is 0 Å². The summed E-state index contributed by atoms with van der Waals surface area (Å²) < 4.78 is 0.